The summed E-state index contributed by atoms with van der Waals surface area (Å²) in [7, 11) is 2.06. The van der Waals surface area contributed by atoms with Crippen molar-refractivity contribution < 1.29 is 23.1 Å². The Bertz CT molecular complexity index is 414. The molecule has 1 aliphatic rings. The number of aliphatic carboxylic acids is 1. The van der Waals surface area contributed by atoms with Gasteiger partial charge in [0.25, 0.3) is 0 Å². The van der Waals surface area contributed by atoms with Gasteiger partial charge >= 0.3 is 12.1 Å². The molecule has 1 aliphatic carbocycles. The number of rotatable bonds is 3. The van der Waals surface area contributed by atoms with Crippen LogP contribution in [0.4, 0.5) is 13.2 Å². The van der Waals surface area contributed by atoms with Gasteiger partial charge in [0, 0.05) is 6.04 Å². The molecule has 1 aromatic carbocycles. The van der Waals surface area contributed by atoms with Crippen LogP contribution in [0.1, 0.15) is 18.4 Å². The molecule has 0 aliphatic heterocycles. The number of halogens is 3. The smallest absolute Gasteiger partial charge is 0.475 e. The van der Waals surface area contributed by atoms with Crippen LogP contribution in [0.2, 0.25) is 0 Å². The van der Waals surface area contributed by atoms with E-state index in [4.69, 9.17) is 9.90 Å². The molecule has 0 spiro atoms. The quantitative estimate of drug-likeness (QED) is 0.899. The minimum atomic E-state index is -5.08. The Hall–Kier alpha value is -1.56. The van der Waals surface area contributed by atoms with Gasteiger partial charge in [0.15, 0.2) is 0 Å². The van der Waals surface area contributed by atoms with Crippen LogP contribution in [-0.4, -0.2) is 30.3 Å². The fraction of sp³-hybridized carbons (Fsp3) is 0.500. The predicted octanol–water partition coefficient (Wildman–Crippen LogP) is 2.86. The van der Waals surface area contributed by atoms with E-state index in [9.17, 15) is 13.2 Å². The van der Waals surface area contributed by atoms with Crippen LogP contribution in [-0.2, 0) is 11.2 Å². The molecule has 0 amide bonds. The molecule has 0 atom stereocenters. The zero-order chi connectivity index (χ0) is 15.2. The van der Waals surface area contributed by atoms with Gasteiger partial charge in [0.05, 0.1) is 0 Å². The number of alkyl halides is 3. The maximum atomic E-state index is 10.6. The van der Waals surface area contributed by atoms with Gasteiger partial charge in [0.1, 0.15) is 0 Å². The summed E-state index contributed by atoms with van der Waals surface area (Å²) < 4.78 is 31.7. The molecule has 0 radical (unpaired) electrons. The van der Waals surface area contributed by atoms with Gasteiger partial charge in [-0.15, -0.1) is 0 Å². The minimum absolute atomic E-state index is 0.786. The van der Waals surface area contributed by atoms with Gasteiger partial charge < -0.3 is 10.4 Å². The first-order valence-electron chi connectivity index (χ1n) is 6.34. The van der Waals surface area contributed by atoms with Crippen molar-refractivity contribution in [1.82, 2.24) is 5.32 Å². The van der Waals surface area contributed by atoms with Crippen molar-refractivity contribution in [2.24, 2.45) is 5.92 Å². The van der Waals surface area contributed by atoms with Crippen LogP contribution < -0.4 is 5.32 Å². The Morgan fingerprint density at radius 3 is 2.20 bits per heavy atom. The molecule has 1 aromatic rings. The highest BCUT2D eigenvalue weighted by Crippen LogP contribution is 2.30. The van der Waals surface area contributed by atoms with E-state index >= 15 is 0 Å². The van der Waals surface area contributed by atoms with Crippen LogP contribution in [0.3, 0.4) is 0 Å². The molecule has 1 fully saturated rings. The van der Waals surface area contributed by atoms with E-state index in [1.54, 1.807) is 0 Å². The maximum Gasteiger partial charge on any atom is 0.490 e. The summed E-state index contributed by atoms with van der Waals surface area (Å²) in [6, 6.07) is 11.6. The standard InChI is InChI=1S/C12H17N.C2HF3O2/c1-13-12-8-11(9-12)7-10-5-3-2-4-6-10;3-2(4,5)1(6)7/h2-6,11-13H,7-9H2,1H3;(H,6,7). The highest BCUT2D eigenvalue weighted by Gasteiger charge is 2.38. The Balaban J connectivity index is 0.000000246. The third kappa shape index (κ3) is 5.61. The Morgan fingerprint density at radius 2 is 1.80 bits per heavy atom. The number of nitrogens with one attached hydrogen (secondary N) is 1. The first-order chi connectivity index (χ1) is 9.32. The van der Waals surface area contributed by atoms with Crippen LogP contribution in [0.15, 0.2) is 30.3 Å². The van der Waals surface area contributed by atoms with Crippen LogP contribution in [0.5, 0.6) is 0 Å². The zero-order valence-electron chi connectivity index (χ0n) is 11.2. The molecule has 20 heavy (non-hydrogen) atoms. The molecule has 0 aromatic heterocycles. The SMILES string of the molecule is CNC1CC(Cc2ccccc2)C1.O=C(O)C(F)(F)F. The van der Waals surface area contributed by atoms with Crippen molar-refractivity contribution in [2.75, 3.05) is 7.05 Å². The summed E-state index contributed by atoms with van der Waals surface area (Å²) in [6.07, 6.45) is -1.12. The summed E-state index contributed by atoms with van der Waals surface area (Å²) >= 11 is 0. The van der Waals surface area contributed by atoms with Gasteiger partial charge in [-0.25, -0.2) is 4.79 Å². The van der Waals surface area contributed by atoms with Crippen molar-refractivity contribution in [3.05, 3.63) is 35.9 Å². The van der Waals surface area contributed by atoms with Gasteiger partial charge in [0.2, 0.25) is 0 Å². The average molecular weight is 289 g/mol. The molecule has 2 N–H and O–H groups in total. The number of carbonyl (C=O) groups is 1. The average Bonchev–Trinajstić information content (AvgIpc) is 2.34. The molecule has 2 rings (SSSR count). The van der Waals surface area contributed by atoms with Gasteiger partial charge in [-0.05, 0) is 37.8 Å². The second-order valence-electron chi connectivity index (χ2n) is 4.82. The predicted molar refractivity (Wildman–Crippen MR) is 69.4 cm³/mol. The molecule has 0 bridgehead atoms. The lowest BCUT2D eigenvalue weighted by atomic mass is 9.77. The molecule has 1 saturated carbocycles. The van der Waals surface area contributed by atoms with E-state index < -0.39 is 12.1 Å². The van der Waals surface area contributed by atoms with Crippen molar-refractivity contribution in [1.29, 1.82) is 0 Å². The number of hydrogen-bond acceptors (Lipinski definition) is 2. The Morgan fingerprint density at radius 1 is 1.30 bits per heavy atom. The summed E-state index contributed by atoms with van der Waals surface area (Å²) in [5, 5.41) is 10.4. The van der Waals surface area contributed by atoms with Crippen molar-refractivity contribution in [3.8, 4) is 0 Å². The molecule has 0 heterocycles. The monoisotopic (exact) mass is 289 g/mol. The third-order valence-corrected chi connectivity index (χ3v) is 3.25. The first kappa shape index (κ1) is 16.5. The number of carboxylic acid groups (broad SMARTS) is 1. The lowest BCUT2D eigenvalue weighted by molar-refractivity contribution is -0.192. The number of hydrogen-bond donors (Lipinski definition) is 2. The maximum absolute atomic E-state index is 10.6. The van der Waals surface area contributed by atoms with Gasteiger partial charge in [-0.3, -0.25) is 0 Å². The highest BCUT2D eigenvalue weighted by atomic mass is 19.4. The fourth-order valence-electron chi connectivity index (χ4n) is 2.09. The van der Waals surface area contributed by atoms with E-state index in [0.29, 0.717) is 0 Å². The Kier molecular flexibility index (Phi) is 6.01. The van der Waals surface area contributed by atoms with E-state index in [1.807, 2.05) is 0 Å². The van der Waals surface area contributed by atoms with Gasteiger partial charge in [-0.2, -0.15) is 13.2 Å². The second kappa shape index (κ2) is 7.28. The van der Waals surface area contributed by atoms with Crippen LogP contribution >= 0.6 is 0 Å². The molecule has 6 heteroatoms. The molecular weight excluding hydrogens is 271 g/mol. The summed E-state index contributed by atoms with van der Waals surface area (Å²) in [6.45, 7) is 0. The minimum Gasteiger partial charge on any atom is -0.475 e. The molecule has 112 valence electrons. The third-order valence-electron chi connectivity index (χ3n) is 3.25. The molecule has 0 saturated heterocycles. The highest BCUT2D eigenvalue weighted by molar-refractivity contribution is 5.73. The first-order valence-corrected chi connectivity index (χ1v) is 6.34. The zero-order valence-corrected chi connectivity index (χ0v) is 11.2. The van der Waals surface area contributed by atoms with E-state index in [0.717, 1.165) is 12.0 Å². The molecule has 3 nitrogen and oxygen atoms in total. The summed E-state index contributed by atoms with van der Waals surface area (Å²) in [4.78, 5) is 8.90. The Labute approximate surface area is 115 Å². The van der Waals surface area contributed by atoms with E-state index in [1.165, 1.54) is 24.8 Å². The normalized spacial score (nSPS) is 21.4. The van der Waals surface area contributed by atoms with Gasteiger partial charge in [-0.1, -0.05) is 30.3 Å². The number of carboxylic acids is 1. The summed E-state index contributed by atoms with van der Waals surface area (Å²) in [5.74, 6) is -1.84. The van der Waals surface area contributed by atoms with E-state index in [2.05, 4.69) is 42.7 Å². The van der Waals surface area contributed by atoms with Crippen LogP contribution in [0, 0.1) is 5.92 Å². The van der Waals surface area contributed by atoms with Crippen LogP contribution in [0.25, 0.3) is 0 Å². The van der Waals surface area contributed by atoms with Crippen molar-refractivity contribution in [3.63, 3.8) is 0 Å². The molecular formula is C14H18F3NO2. The largest absolute Gasteiger partial charge is 0.490 e. The molecule has 0 unspecified atom stereocenters. The van der Waals surface area contributed by atoms with E-state index in [-0.39, 0.29) is 0 Å². The topological polar surface area (TPSA) is 49.3 Å². The van der Waals surface area contributed by atoms with Crippen molar-refractivity contribution in [2.45, 2.75) is 31.5 Å². The summed E-state index contributed by atoms with van der Waals surface area (Å²) in [5.41, 5.74) is 1.49. The number of benzene rings is 1. The second-order valence-corrected chi connectivity index (χ2v) is 4.82. The lowest BCUT2D eigenvalue weighted by Gasteiger charge is -2.35. The van der Waals surface area contributed by atoms with Crippen molar-refractivity contribution >= 4 is 5.97 Å². The lowest BCUT2D eigenvalue weighted by Crippen LogP contribution is -2.39. The fourth-order valence-corrected chi connectivity index (χ4v) is 2.09.